The molecule has 25 heavy (non-hydrogen) atoms. The fraction of sp³-hybridized carbons (Fsp3) is 0.294. The van der Waals surface area contributed by atoms with Gasteiger partial charge in [0.25, 0.3) is 5.91 Å². The number of carbonyl (C=O) groups excluding carboxylic acids is 1. The first-order valence-electron chi connectivity index (χ1n) is 7.86. The third-order valence-electron chi connectivity index (χ3n) is 4.01. The molecule has 0 aliphatic carbocycles. The van der Waals surface area contributed by atoms with Gasteiger partial charge < -0.3 is 10.6 Å². The van der Waals surface area contributed by atoms with Crippen molar-refractivity contribution in [2.45, 2.75) is 19.0 Å². The summed E-state index contributed by atoms with van der Waals surface area (Å²) in [6.07, 6.45) is 3.37. The lowest BCUT2D eigenvalue weighted by molar-refractivity contribution is 0.0941. The number of rotatable bonds is 5. The lowest BCUT2D eigenvalue weighted by Crippen LogP contribution is -2.35. The number of pyridine rings is 1. The van der Waals surface area contributed by atoms with E-state index < -0.39 is 9.84 Å². The molecule has 2 heterocycles. The van der Waals surface area contributed by atoms with Gasteiger partial charge in [0.2, 0.25) is 0 Å². The van der Waals surface area contributed by atoms with Crippen LogP contribution in [0, 0.1) is 5.82 Å². The average Bonchev–Trinajstić information content (AvgIpc) is 2.93. The summed E-state index contributed by atoms with van der Waals surface area (Å²) in [5.41, 5.74) is 1.41. The monoisotopic (exact) mass is 363 g/mol. The number of nitrogens with one attached hydrogen (secondary N) is 2. The lowest BCUT2D eigenvalue weighted by atomic mass is 10.2. The Morgan fingerprint density at radius 3 is 2.80 bits per heavy atom. The van der Waals surface area contributed by atoms with Crippen LogP contribution in [0.4, 0.5) is 10.1 Å². The summed E-state index contributed by atoms with van der Waals surface area (Å²) in [5.74, 6) is -0.610. The Morgan fingerprint density at radius 1 is 1.28 bits per heavy atom. The van der Waals surface area contributed by atoms with E-state index in [-0.39, 0.29) is 35.8 Å². The molecule has 1 aromatic carbocycles. The molecule has 1 aliphatic rings. The van der Waals surface area contributed by atoms with E-state index in [1.807, 2.05) is 0 Å². The van der Waals surface area contributed by atoms with Crippen molar-refractivity contribution in [3.63, 3.8) is 0 Å². The molecule has 1 saturated heterocycles. The standard InChI is InChI=1S/C17H18FN3O3S/c18-16-4-2-1-3-12(16)9-20-15-7-13(8-19-10-15)17(22)21-14-5-6-25(23,24)11-14/h1-4,7-8,10,14,20H,5-6,9,11H2,(H,21,22). The lowest BCUT2D eigenvalue weighted by Gasteiger charge is -2.12. The smallest absolute Gasteiger partial charge is 0.253 e. The molecule has 1 unspecified atom stereocenters. The molecular formula is C17H18FN3O3S. The molecule has 1 aliphatic heterocycles. The van der Waals surface area contributed by atoms with Crippen molar-refractivity contribution in [1.82, 2.24) is 10.3 Å². The average molecular weight is 363 g/mol. The van der Waals surface area contributed by atoms with Gasteiger partial charge in [0.15, 0.2) is 9.84 Å². The molecule has 0 spiro atoms. The number of amides is 1. The molecular weight excluding hydrogens is 345 g/mol. The Bertz CT molecular complexity index is 886. The third kappa shape index (κ3) is 4.54. The van der Waals surface area contributed by atoms with Crippen LogP contribution in [0.2, 0.25) is 0 Å². The number of sulfone groups is 1. The van der Waals surface area contributed by atoms with Crippen LogP contribution in [-0.2, 0) is 16.4 Å². The first-order chi connectivity index (χ1) is 11.9. The Morgan fingerprint density at radius 2 is 2.08 bits per heavy atom. The maximum Gasteiger partial charge on any atom is 0.253 e. The van der Waals surface area contributed by atoms with Crippen molar-refractivity contribution in [2.75, 3.05) is 16.8 Å². The SMILES string of the molecule is O=C(NC1CCS(=O)(=O)C1)c1cncc(NCc2ccccc2F)c1. The summed E-state index contributed by atoms with van der Waals surface area (Å²) < 4.78 is 36.5. The van der Waals surface area contributed by atoms with E-state index in [0.717, 1.165) is 0 Å². The number of benzene rings is 1. The van der Waals surface area contributed by atoms with Crippen LogP contribution in [0.3, 0.4) is 0 Å². The van der Waals surface area contributed by atoms with E-state index in [1.165, 1.54) is 18.5 Å². The summed E-state index contributed by atoms with van der Waals surface area (Å²) >= 11 is 0. The van der Waals surface area contributed by atoms with E-state index in [1.54, 1.807) is 24.3 Å². The van der Waals surface area contributed by atoms with Crippen LogP contribution < -0.4 is 10.6 Å². The van der Waals surface area contributed by atoms with Gasteiger partial charge in [0.1, 0.15) is 5.82 Å². The van der Waals surface area contributed by atoms with Gasteiger partial charge >= 0.3 is 0 Å². The Hall–Kier alpha value is -2.48. The van der Waals surface area contributed by atoms with E-state index in [4.69, 9.17) is 0 Å². The molecule has 3 rings (SSSR count). The minimum Gasteiger partial charge on any atom is -0.380 e. The number of hydrogen-bond donors (Lipinski definition) is 2. The van der Waals surface area contributed by atoms with E-state index in [9.17, 15) is 17.6 Å². The Labute approximate surface area is 145 Å². The van der Waals surface area contributed by atoms with E-state index in [0.29, 0.717) is 23.2 Å². The molecule has 1 aromatic heterocycles. The predicted molar refractivity (Wildman–Crippen MR) is 92.5 cm³/mol. The number of carbonyl (C=O) groups is 1. The number of nitrogens with zero attached hydrogens (tertiary/aromatic N) is 1. The molecule has 0 bridgehead atoms. The topological polar surface area (TPSA) is 88.2 Å². The van der Waals surface area contributed by atoms with Gasteiger partial charge in [-0.1, -0.05) is 18.2 Å². The molecule has 1 amide bonds. The highest BCUT2D eigenvalue weighted by atomic mass is 32.2. The molecule has 0 saturated carbocycles. The Kier molecular flexibility index (Phi) is 4.98. The second kappa shape index (κ2) is 7.18. The van der Waals surface area contributed by atoms with Crippen molar-refractivity contribution >= 4 is 21.4 Å². The zero-order valence-electron chi connectivity index (χ0n) is 13.4. The number of halogens is 1. The van der Waals surface area contributed by atoms with Gasteiger partial charge in [-0.2, -0.15) is 0 Å². The minimum atomic E-state index is -3.05. The van der Waals surface area contributed by atoms with Crippen LogP contribution in [0.15, 0.2) is 42.7 Å². The van der Waals surface area contributed by atoms with Crippen LogP contribution in [0.5, 0.6) is 0 Å². The summed E-state index contributed by atoms with van der Waals surface area (Å²) in [7, 11) is -3.05. The van der Waals surface area contributed by atoms with Crippen LogP contribution in [0.1, 0.15) is 22.3 Å². The third-order valence-corrected chi connectivity index (χ3v) is 5.78. The minimum absolute atomic E-state index is 0.0304. The fourth-order valence-corrected chi connectivity index (χ4v) is 4.35. The van der Waals surface area contributed by atoms with Crippen molar-refractivity contribution in [1.29, 1.82) is 0 Å². The van der Waals surface area contributed by atoms with Crippen molar-refractivity contribution < 1.29 is 17.6 Å². The number of aromatic nitrogens is 1. The van der Waals surface area contributed by atoms with Gasteiger partial charge in [-0.15, -0.1) is 0 Å². The normalized spacial score (nSPS) is 18.7. The molecule has 0 radical (unpaired) electrons. The predicted octanol–water partition coefficient (Wildman–Crippen LogP) is 1.75. The Balaban J connectivity index is 1.63. The maximum absolute atomic E-state index is 13.6. The molecule has 132 valence electrons. The number of hydrogen-bond acceptors (Lipinski definition) is 5. The van der Waals surface area contributed by atoms with Gasteiger partial charge in [0.05, 0.1) is 22.8 Å². The van der Waals surface area contributed by atoms with Crippen molar-refractivity contribution in [3.05, 3.63) is 59.7 Å². The summed E-state index contributed by atoms with van der Waals surface area (Å²) in [4.78, 5) is 16.3. The van der Waals surface area contributed by atoms with E-state index in [2.05, 4.69) is 15.6 Å². The molecule has 1 atom stereocenters. The van der Waals surface area contributed by atoms with Crippen LogP contribution in [0.25, 0.3) is 0 Å². The largest absolute Gasteiger partial charge is 0.380 e. The first kappa shape index (κ1) is 17.3. The second-order valence-corrected chi connectivity index (χ2v) is 8.21. The molecule has 2 N–H and O–H groups in total. The zero-order valence-corrected chi connectivity index (χ0v) is 14.2. The highest BCUT2D eigenvalue weighted by Crippen LogP contribution is 2.15. The highest BCUT2D eigenvalue weighted by molar-refractivity contribution is 7.91. The van der Waals surface area contributed by atoms with Crippen molar-refractivity contribution in [3.8, 4) is 0 Å². The van der Waals surface area contributed by atoms with Crippen LogP contribution >= 0.6 is 0 Å². The highest BCUT2D eigenvalue weighted by Gasteiger charge is 2.29. The summed E-state index contributed by atoms with van der Waals surface area (Å²) in [6.45, 7) is 0.264. The first-order valence-corrected chi connectivity index (χ1v) is 9.69. The molecule has 8 heteroatoms. The summed E-state index contributed by atoms with van der Waals surface area (Å²) in [5, 5.41) is 5.74. The van der Waals surface area contributed by atoms with Crippen molar-refractivity contribution in [2.24, 2.45) is 0 Å². The molecule has 2 aromatic rings. The van der Waals surface area contributed by atoms with Gasteiger partial charge in [-0.05, 0) is 18.6 Å². The summed E-state index contributed by atoms with van der Waals surface area (Å²) in [6, 6.07) is 7.66. The van der Waals surface area contributed by atoms with Gasteiger partial charge in [-0.25, -0.2) is 12.8 Å². The number of anilines is 1. The molecule has 6 nitrogen and oxygen atoms in total. The quantitative estimate of drug-likeness (QED) is 0.845. The fourth-order valence-electron chi connectivity index (χ4n) is 2.68. The maximum atomic E-state index is 13.6. The van der Waals surface area contributed by atoms with Gasteiger partial charge in [-0.3, -0.25) is 9.78 Å². The molecule has 1 fully saturated rings. The van der Waals surface area contributed by atoms with Crippen LogP contribution in [-0.4, -0.2) is 36.9 Å². The van der Waals surface area contributed by atoms with E-state index >= 15 is 0 Å². The zero-order chi connectivity index (χ0) is 17.9. The second-order valence-electron chi connectivity index (χ2n) is 5.98. The van der Waals surface area contributed by atoms with Gasteiger partial charge in [0, 0.05) is 30.5 Å².